The van der Waals surface area contributed by atoms with Crippen LogP contribution in [0.2, 0.25) is 5.04 Å². The van der Waals surface area contributed by atoms with Gasteiger partial charge in [-0.1, -0.05) is 125 Å². The average Bonchev–Trinajstić information content (AvgIpc) is 3.64. The fourth-order valence-corrected chi connectivity index (χ4v) is 12.8. The Bertz CT molecular complexity index is 1970. The molecule has 51 heavy (non-hydrogen) atoms. The number of hydrogen-bond acceptors (Lipinski definition) is 6. The van der Waals surface area contributed by atoms with Gasteiger partial charge in [-0.05, 0) is 56.5 Å². The third-order valence-corrected chi connectivity index (χ3v) is 15.8. The van der Waals surface area contributed by atoms with Crippen LogP contribution < -0.4 is 10.4 Å². The van der Waals surface area contributed by atoms with Crippen molar-refractivity contribution in [1.82, 2.24) is 4.98 Å². The summed E-state index contributed by atoms with van der Waals surface area (Å²) in [5.41, 5.74) is 3.91. The molecule has 5 rings (SSSR count). The maximum atomic E-state index is 13.9. The number of rotatable bonds is 13. The lowest BCUT2D eigenvalue weighted by atomic mass is 9.93. The number of carbonyl (C=O) groups is 1. The Kier molecular flexibility index (Phi) is 12.6. The quantitative estimate of drug-likeness (QED) is 0.0738. The maximum absolute atomic E-state index is 13.9. The number of pyridine rings is 1. The minimum Gasteiger partial charge on any atom is -0.481 e. The lowest BCUT2D eigenvalue weighted by Gasteiger charge is -2.45. The van der Waals surface area contributed by atoms with Crippen molar-refractivity contribution in [2.45, 2.75) is 58.1 Å². The molecular weight excluding hydrogens is 697 g/mol. The molecule has 0 aliphatic heterocycles. The van der Waals surface area contributed by atoms with Crippen molar-refractivity contribution in [3.63, 3.8) is 0 Å². The molecule has 0 saturated heterocycles. The first kappa shape index (κ1) is 38.1. The maximum Gasteiger partial charge on any atom is 0.305 e. The van der Waals surface area contributed by atoms with Crippen molar-refractivity contribution in [2.75, 3.05) is 12.8 Å². The van der Waals surface area contributed by atoms with Crippen molar-refractivity contribution in [3.8, 4) is 33.5 Å². The van der Waals surface area contributed by atoms with Gasteiger partial charge in [0.25, 0.3) is 8.32 Å². The van der Waals surface area contributed by atoms with Crippen LogP contribution >= 0.6 is 19.4 Å². The third-order valence-electron chi connectivity index (χ3n) is 8.60. The highest BCUT2D eigenvalue weighted by molar-refractivity contribution is 7.39. The first-order valence-electron chi connectivity index (χ1n) is 16.9. The largest absolute Gasteiger partial charge is 0.481 e. The van der Waals surface area contributed by atoms with Gasteiger partial charge < -0.3 is 14.1 Å². The number of carboxylic acid groups (broad SMARTS) is 1. The molecule has 0 radical (unpaired) electrons. The molecule has 10 heteroatoms. The van der Waals surface area contributed by atoms with Crippen molar-refractivity contribution in [2.24, 2.45) is 0 Å². The molecule has 2 atom stereocenters. The summed E-state index contributed by atoms with van der Waals surface area (Å²) in [6, 6.07) is 32.1. The van der Waals surface area contributed by atoms with Gasteiger partial charge in [-0.15, -0.1) is 11.3 Å². The summed E-state index contributed by atoms with van der Waals surface area (Å²) in [4.78, 5) is 18.1. The number of thiophene rings is 1. The third kappa shape index (κ3) is 9.20. The average molecular weight is 740 g/mol. The predicted octanol–water partition coefficient (Wildman–Crippen LogP) is 9.00. The topological polar surface area (TPSA) is 85.7 Å². The summed E-state index contributed by atoms with van der Waals surface area (Å²) in [5, 5.41) is 13.5. The molecule has 1 N–H and O–H groups in total. The fourth-order valence-electron chi connectivity index (χ4n) is 6.30. The van der Waals surface area contributed by atoms with Gasteiger partial charge in [0, 0.05) is 11.7 Å². The van der Waals surface area contributed by atoms with Gasteiger partial charge >= 0.3 is 5.97 Å². The van der Waals surface area contributed by atoms with Gasteiger partial charge in [0.2, 0.25) is 0 Å². The first-order chi connectivity index (χ1) is 24.4. The summed E-state index contributed by atoms with van der Waals surface area (Å²) in [6.45, 7) is 10.3. The molecule has 2 unspecified atom stereocenters. The minimum atomic E-state index is -3.11. The van der Waals surface area contributed by atoms with Crippen LogP contribution in [0.4, 0.5) is 4.39 Å². The monoisotopic (exact) mass is 739 g/mol. The molecule has 0 aliphatic rings. The van der Waals surface area contributed by atoms with E-state index in [-0.39, 0.29) is 30.9 Å². The van der Waals surface area contributed by atoms with E-state index in [0.29, 0.717) is 5.56 Å². The lowest BCUT2D eigenvalue weighted by Crippen LogP contribution is -2.68. The Hall–Kier alpha value is -4.16. The van der Waals surface area contributed by atoms with Crippen LogP contribution in [0.25, 0.3) is 21.7 Å². The van der Waals surface area contributed by atoms with E-state index >= 15 is 0 Å². The van der Waals surface area contributed by atoms with Crippen molar-refractivity contribution in [1.29, 1.82) is 0 Å². The van der Waals surface area contributed by atoms with Gasteiger partial charge in [-0.2, -0.15) is 0 Å². The SMILES string of the molecule is CC(C)c1nc(-c2cccs2)cc(-c2ccc(F)cc2)c1C#CCO[PH](=O)CC(CC(=O)O)O[Si](c1ccccc1)(c1ccccc1)C(C)(C)C. The molecule has 0 saturated carbocycles. The Morgan fingerprint density at radius 2 is 1.59 bits per heavy atom. The smallest absolute Gasteiger partial charge is 0.305 e. The van der Waals surface area contributed by atoms with Gasteiger partial charge in [0.1, 0.15) is 12.4 Å². The molecule has 2 aromatic heterocycles. The summed E-state index contributed by atoms with van der Waals surface area (Å²) in [7, 11) is -5.88. The molecule has 0 bridgehead atoms. The number of aliphatic carboxylic acids is 1. The summed E-state index contributed by atoms with van der Waals surface area (Å²) in [6.07, 6.45) is -1.25. The summed E-state index contributed by atoms with van der Waals surface area (Å²) >= 11 is 1.59. The molecule has 264 valence electrons. The Labute approximate surface area is 305 Å². The molecule has 0 aliphatic carbocycles. The molecule has 0 fully saturated rings. The lowest BCUT2D eigenvalue weighted by molar-refractivity contribution is -0.138. The van der Waals surface area contributed by atoms with E-state index < -0.39 is 33.5 Å². The fraction of sp³-hybridized carbons (Fsp3) is 0.268. The van der Waals surface area contributed by atoms with Gasteiger partial charge in [-0.25, -0.2) is 4.39 Å². The second-order valence-corrected chi connectivity index (χ2v) is 20.3. The van der Waals surface area contributed by atoms with Crippen LogP contribution in [-0.2, 0) is 18.3 Å². The summed E-state index contributed by atoms with van der Waals surface area (Å²) in [5.74, 6) is 4.92. The second kappa shape index (κ2) is 16.9. The Balaban J connectivity index is 1.42. The highest BCUT2D eigenvalue weighted by Gasteiger charge is 2.51. The van der Waals surface area contributed by atoms with Crippen LogP contribution in [-0.4, -0.2) is 43.2 Å². The van der Waals surface area contributed by atoms with Crippen molar-refractivity contribution >= 4 is 44.0 Å². The number of aromatic nitrogens is 1. The highest BCUT2D eigenvalue weighted by atomic mass is 32.1. The Morgan fingerprint density at radius 1 is 0.961 bits per heavy atom. The molecule has 2 heterocycles. The van der Waals surface area contributed by atoms with Crippen LogP contribution in [0.3, 0.4) is 0 Å². The number of nitrogens with zero attached hydrogens (tertiary/aromatic N) is 1. The zero-order chi connectivity index (χ0) is 36.6. The second-order valence-electron chi connectivity index (χ2n) is 13.6. The number of benzene rings is 3. The molecule has 3 aromatic carbocycles. The highest BCUT2D eigenvalue weighted by Crippen LogP contribution is 2.39. The molecule has 0 spiro atoms. The number of hydrogen-bond donors (Lipinski definition) is 1. The van der Waals surface area contributed by atoms with Crippen molar-refractivity contribution < 1.29 is 27.8 Å². The van der Waals surface area contributed by atoms with E-state index in [0.717, 1.165) is 37.8 Å². The van der Waals surface area contributed by atoms with E-state index in [2.05, 4.69) is 32.6 Å². The molecule has 6 nitrogen and oxygen atoms in total. The predicted molar refractivity (Wildman–Crippen MR) is 208 cm³/mol. The van der Waals surface area contributed by atoms with Gasteiger partial charge in [-0.3, -0.25) is 14.3 Å². The van der Waals surface area contributed by atoms with E-state index in [9.17, 15) is 18.9 Å². The summed E-state index contributed by atoms with van der Waals surface area (Å²) < 4.78 is 40.2. The number of halogens is 1. The zero-order valence-electron chi connectivity index (χ0n) is 29.5. The standard InChI is InChI=1S/C41H43FNO5PSSi/c1-29(2)40-35(36(30-20-22-31(42)23-21-30)27-37(43-40)38-19-13-25-50-38)18-12-24-47-49(46)28-32(26-39(44)45)48-51(41(3,4)5,33-14-8-6-9-15-33)34-16-10-7-11-17-34/h6-11,13-17,19-23,25,27,29,32,49H,24,26,28H2,1-5H3,(H,44,45). The van der Waals surface area contributed by atoms with Crippen LogP contribution in [0.15, 0.2) is 109 Å². The van der Waals surface area contributed by atoms with E-state index in [1.165, 1.54) is 12.1 Å². The molecular formula is C41H43FNO5PSSi. The van der Waals surface area contributed by atoms with E-state index in [1.807, 2.05) is 98.1 Å². The van der Waals surface area contributed by atoms with E-state index in [4.69, 9.17) is 13.9 Å². The van der Waals surface area contributed by atoms with Crippen LogP contribution in [0.1, 0.15) is 58.2 Å². The number of carboxylic acids is 1. The van der Waals surface area contributed by atoms with Crippen LogP contribution in [0, 0.1) is 17.7 Å². The van der Waals surface area contributed by atoms with Gasteiger partial charge in [0.15, 0.2) is 8.03 Å². The van der Waals surface area contributed by atoms with Gasteiger partial charge in [0.05, 0.1) is 34.4 Å². The zero-order valence-corrected chi connectivity index (χ0v) is 32.3. The van der Waals surface area contributed by atoms with Crippen LogP contribution in [0.5, 0.6) is 0 Å². The molecule has 5 aromatic rings. The van der Waals surface area contributed by atoms with Crippen molar-refractivity contribution in [3.05, 3.63) is 126 Å². The Morgan fingerprint density at radius 3 is 2.12 bits per heavy atom. The normalized spacial score (nSPS) is 13.0. The minimum absolute atomic E-state index is 0.0314. The van der Waals surface area contributed by atoms with E-state index in [1.54, 1.807) is 23.5 Å². The first-order valence-corrected chi connectivity index (χ1v) is 21.2. The molecule has 0 amide bonds.